The zero-order valence-corrected chi connectivity index (χ0v) is 12.3. The standard InChI is InChI=1S/C15H17ClN4/c1-9-3-4-12(7-13(9)16)20-15-8-14(17-10(2)18-15)19-11-5-6-11/h3-4,7-8,11H,5-6H2,1-2H3,(H2,17,18,19,20). The fraction of sp³-hybridized carbons (Fsp3) is 0.333. The second-order valence-electron chi connectivity index (χ2n) is 5.19. The van der Waals surface area contributed by atoms with Crippen LogP contribution in [0.5, 0.6) is 0 Å². The second-order valence-corrected chi connectivity index (χ2v) is 5.60. The van der Waals surface area contributed by atoms with Crippen LogP contribution >= 0.6 is 11.6 Å². The molecule has 1 aliphatic rings. The summed E-state index contributed by atoms with van der Waals surface area (Å²) in [7, 11) is 0. The van der Waals surface area contributed by atoms with Gasteiger partial charge in [-0.1, -0.05) is 17.7 Å². The number of hydrogen-bond acceptors (Lipinski definition) is 4. The average molecular weight is 289 g/mol. The van der Waals surface area contributed by atoms with Crippen LogP contribution in [0.1, 0.15) is 24.2 Å². The van der Waals surface area contributed by atoms with Crippen LogP contribution < -0.4 is 10.6 Å². The SMILES string of the molecule is Cc1nc(Nc2ccc(C)c(Cl)c2)cc(NC2CC2)n1. The van der Waals surface area contributed by atoms with Crippen molar-refractivity contribution in [3.63, 3.8) is 0 Å². The highest BCUT2D eigenvalue weighted by atomic mass is 35.5. The predicted molar refractivity (Wildman–Crippen MR) is 82.9 cm³/mol. The molecule has 0 amide bonds. The fourth-order valence-electron chi connectivity index (χ4n) is 1.96. The summed E-state index contributed by atoms with van der Waals surface area (Å²) in [5.41, 5.74) is 1.99. The lowest BCUT2D eigenvalue weighted by atomic mass is 10.2. The van der Waals surface area contributed by atoms with Gasteiger partial charge in [-0.2, -0.15) is 0 Å². The molecule has 1 heterocycles. The normalized spacial score (nSPS) is 14.2. The summed E-state index contributed by atoms with van der Waals surface area (Å²) in [6, 6.07) is 8.39. The van der Waals surface area contributed by atoms with E-state index in [1.54, 1.807) is 0 Å². The third-order valence-corrected chi connectivity index (χ3v) is 3.62. The molecular formula is C15H17ClN4. The Balaban J connectivity index is 1.81. The van der Waals surface area contributed by atoms with Gasteiger partial charge >= 0.3 is 0 Å². The molecule has 1 fully saturated rings. The first kappa shape index (κ1) is 13.2. The summed E-state index contributed by atoms with van der Waals surface area (Å²) >= 11 is 6.13. The minimum absolute atomic E-state index is 0.575. The lowest BCUT2D eigenvalue weighted by Crippen LogP contribution is -2.06. The maximum atomic E-state index is 6.13. The van der Waals surface area contributed by atoms with Gasteiger partial charge in [0.1, 0.15) is 17.5 Å². The first-order chi connectivity index (χ1) is 9.60. The van der Waals surface area contributed by atoms with Gasteiger partial charge in [0.15, 0.2) is 0 Å². The second kappa shape index (κ2) is 5.29. The van der Waals surface area contributed by atoms with Gasteiger partial charge in [0.05, 0.1) is 0 Å². The Morgan fingerprint density at radius 2 is 1.85 bits per heavy atom. The molecule has 3 rings (SSSR count). The van der Waals surface area contributed by atoms with Crippen molar-refractivity contribution in [2.24, 2.45) is 0 Å². The predicted octanol–water partition coefficient (Wildman–Crippen LogP) is 4.06. The van der Waals surface area contributed by atoms with E-state index in [0.717, 1.165) is 33.7 Å². The Kier molecular flexibility index (Phi) is 3.49. The molecule has 1 aromatic carbocycles. The molecule has 0 bridgehead atoms. The van der Waals surface area contributed by atoms with E-state index >= 15 is 0 Å². The lowest BCUT2D eigenvalue weighted by molar-refractivity contribution is 1.02. The van der Waals surface area contributed by atoms with Crippen LogP contribution in [0, 0.1) is 13.8 Å². The van der Waals surface area contributed by atoms with Gasteiger partial charge in [0, 0.05) is 22.8 Å². The van der Waals surface area contributed by atoms with Gasteiger partial charge in [0.2, 0.25) is 0 Å². The maximum absolute atomic E-state index is 6.13. The lowest BCUT2D eigenvalue weighted by Gasteiger charge is -2.10. The largest absolute Gasteiger partial charge is 0.367 e. The van der Waals surface area contributed by atoms with Gasteiger partial charge in [0.25, 0.3) is 0 Å². The quantitative estimate of drug-likeness (QED) is 0.890. The molecule has 104 valence electrons. The smallest absolute Gasteiger partial charge is 0.136 e. The molecule has 2 N–H and O–H groups in total. The molecule has 20 heavy (non-hydrogen) atoms. The summed E-state index contributed by atoms with van der Waals surface area (Å²) < 4.78 is 0. The van der Waals surface area contributed by atoms with Gasteiger partial charge in [-0.15, -0.1) is 0 Å². The molecule has 0 unspecified atom stereocenters. The van der Waals surface area contributed by atoms with Crippen LogP contribution in [0.15, 0.2) is 24.3 Å². The number of aromatic nitrogens is 2. The van der Waals surface area contributed by atoms with E-state index in [1.165, 1.54) is 12.8 Å². The summed E-state index contributed by atoms with van der Waals surface area (Å²) in [6.45, 7) is 3.88. The monoisotopic (exact) mass is 288 g/mol. The highest BCUT2D eigenvalue weighted by Gasteiger charge is 2.21. The number of benzene rings is 1. The van der Waals surface area contributed by atoms with E-state index in [1.807, 2.05) is 38.1 Å². The summed E-state index contributed by atoms with van der Waals surface area (Å²) in [6.07, 6.45) is 2.44. The van der Waals surface area contributed by atoms with Crippen LogP contribution in [0.3, 0.4) is 0 Å². The topological polar surface area (TPSA) is 49.8 Å². The van der Waals surface area contributed by atoms with E-state index in [2.05, 4.69) is 20.6 Å². The Morgan fingerprint density at radius 1 is 1.10 bits per heavy atom. The molecule has 5 heteroatoms. The number of nitrogens with zero attached hydrogens (tertiary/aromatic N) is 2. The number of hydrogen-bond donors (Lipinski definition) is 2. The molecule has 1 saturated carbocycles. The van der Waals surface area contributed by atoms with Crippen molar-refractivity contribution in [2.45, 2.75) is 32.7 Å². The van der Waals surface area contributed by atoms with Crippen molar-refractivity contribution in [3.8, 4) is 0 Å². The van der Waals surface area contributed by atoms with E-state index in [0.29, 0.717) is 6.04 Å². The molecule has 1 aromatic heterocycles. The maximum Gasteiger partial charge on any atom is 0.136 e. The molecule has 0 aliphatic heterocycles. The van der Waals surface area contributed by atoms with Crippen molar-refractivity contribution in [1.82, 2.24) is 9.97 Å². The van der Waals surface area contributed by atoms with Crippen LogP contribution in [0.2, 0.25) is 5.02 Å². The zero-order valence-electron chi connectivity index (χ0n) is 11.6. The van der Waals surface area contributed by atoms with E-state index in [4.69, 9.17) is 11.6 Å². The van der Waals surface area contributed by atoms with E-state index in [9.17, 15) is 0 Å². The van der Waals surface area contributed by atoms with Crippen molar-refractivity contribution >= 4 is 28.9 Å². The molecule has 1 aliphatic carbocycles. The average Bonchev–Trinajstić information content (AvgIpc) is 3.17. The van der Waals surface area contributed by atoms with Gasteiger partial charge in [-0.3, -0.25) is 0 Å². The van der Waals surface area contributed by atoms with Crippen LogP contribution in [-0.4, -0.2) is 16.0 Å². The van der Waals surface area contributed by atoms with Gasteiger partial charge in [-0.05, 0) is 44.4 Å². The molecule has 0 spiro atoms. The third-order valence-electron chi connectivity index (χ3n) is 3.21. The number of aryl methyl sites for hydroxylation is 2. The third kappa shape index (κ3) is 3.20. The number of rotatable bonds is 4. The Bertz CT molecular complexity index is 638. The van der Waals surface area contributed by atoms with Crippen LogP contribution in [0.4, 0.5) is 17.3 Å². The minimum atomic E-state index is 0.575. The molecule has 0 radical (unpaired) electrons. The Morgan fingerprint density at radius 3 is 2.55 bits per heavy atom. The number of nitrogens with one attached hydrogen (secondary N) is 2. The molecule has 0 saturated heterocycles. The van der Waals surface area contributed by atoms with Crippen molar-refractivity contribution < 1.29 is 0 Å². The minimum Gasteiger partial charge on any atom is -0.367 e. The zero-order chi connectivity index (χ0) is 14.1. The van der Waals surface area contributed by atoms with Crippen molar-refractivity contribution in [3.05, 3.63) is 40.7 Å². The molecular weight excluding hydrogens is 272 g/mol. The first-order valence-corrected chi connectivity index (χ1v) is 7.13. The number of anilines is 3. The Hall–Kier alpha value is -1.81. The van der Waals surface area contributed by atoms with Gasteiger partial charge < -0.3 is 10.6 Å². The fourth-order valence-corrected chi connectivity index (χ4v) is 2.14. The van der Waals surface area contributed by atoms with E-state index in [-0.39, 0.29) is 0 Å². The number of halogens is 1. The van der Waals surface area contributed by atoms with Crippen LogP contribution in [0.25, 0.3) is 0 Å². The first-order valence-electron chi connectivity index (χ1n) is 6.75. The van der Waals surface area contributed by atoms with Crippen molar-refractivity contribution in [2.75, 3.05) is 10.6 Å². The molecule has 4 nitrogen and oxygen atoms in total. The van der Waals surface area contributed by atoms with Crippen LogP contribution in [-0.2, 0) is 0 Å². The highest BCUT2D eigenvalue weighted by molar-refractivity contribution is 6.31. The van der Waals surface area contributed by atoms with E-state index < -0.39 is 0 Å². The molecule has 0 atom stereocenters. The van der Waals surface area contributed by atoms with Crippen molar-refractivity contribution in [1.29, 1.82) is 0 Å². The summed E-state index contributed by atoms with van der Waals surface area (Å²) in [4.78, 5) is 8.80. The molecule has 2 aromatic rings. The Labute approximate surface area is 123 Å². The highest BCUT2D eigenvalue weighted by Crippen LogP contribution is 2.26. The summed E-state index contributed by atoms with van der Waals surface area (Å²) in [5.74, 6) is 2.40. The van der Waals surface area contributed by atoms with Gasteiger partial charge in [-0.25, -0.2) is 9.97 Å². The summed E-state index contributed by atoms with van der Waals surface area (Å²) in [5, 5.41) is 7.40.